The van der Waals surface area contributed by atoms with Crippen LogP contribution < -0.4 is 5.32 Å². The Bertz CT molecular complexity index is 325. The Hall–Kier alpha value is -1.06. The van der Waals surface area contributed by atoms with E-state index in [1.54, 1.807) is 13.2 Å². The largest absolute Gasteiger partial charge is 0.508 e. The second-order valence-corrected chi connectivity index (χ2v) is 3.63. The maximum absolute atomic E-state index is 9.66. The molecule has 1 aromatic rings. The van der Waals surface area contributed by atoms with Gasteiger partial charge in [-0.3, -0.25) is 0 Å². The van der Waals surface area contributed by atoms with Crippen molar-refractivity contribution in [3.8, 4) is 5.75 Å². The summed E-state index contributed by atoms with van der Waals surface area (Å²) in [5.41, 5.74) is 2.23. The lowest BCUT2D eigenvalue weighted by Crippen LogP contribution is -2.30. The Morgan fingerprint density at radius 2 is 2.43 bits per heavy atom. The van der Waals surface area contributed by atoms with Crippen molar-refractivity contribution in [2.24, 2.45) is 0 Å². The van der Waals surface area contributed by atoms with Crippen LogP contribution in [0.4, 0.5) is 0 Å². The molecule has 1 atom stereocenters. The lowest BCUT2D eigenvalue weighted by molar-refractivity contribution is 0.174. The number of phenols is 1. The van der Waals surface area contributed by atoms with Gasteiger partial charge in [0.15, 0.2) is 0 Å². The molecule has 1 aromatic carbocycles. The smallest absolute Gasteiger partial charge is 0.120 e. The Morgan fingerprint density at radius 1 is 1.57 bits per heavy atom. The first-order chi connectivity index (χ1) is 6.83. The molecular weight excluding hydrogens is 178 g/mol. The fraction of sp³-hybridized carbons (Fsp3) is 0.455. The van der Waals surface area contributed by atoms with Crippen LogP contribution in [0.1, 0.15) is 17.0 Å². The molecule has 0 amide bonds. The molecule has 0 saturated carbocycles. The quantitative estimate of drug-likeness (QED) is 0.742. The molecule has 1 aliphatic heterocycles. The number of hydrogen-bond donors (Lipinski definition) is 2. The summed E-state index contributed by atoms with van der Waals surface area (Å²) in [6.07, 6.45) is 0. The third kappa shape index (κ3) is 1.61. The van der Waals surface area contributed by atoms with Gasteiger partial charge in [-0.1, -0.05) is 12.1 Å². The molecule has 2 N–H and O–H groups in total. The lowest BCUT2D eigenvalue weighted by atomic mass is 9.91. The highest BCUT2D eigenvalue weighted by Crippen LogP contribution is 2.29. The topological polar surface area (TPSA) is 41.5 Å². The van der Waals surface area contributed by atoms with E-state index in [4.69, 9.17) is 4.74 Å². The first-order valence-electron chi connectivity index (χ1n) is 4.83. The van der Waals surface area contributed by atoms with Gasteiger partial charge in [0.05, 0.1) is 6.61 Å². The average molecular weight is 193 g/mol. The second kappa shape index (κ2) is 3.98. The standard InChI is InChI=1S/C11H15NO2/c1-14-7-8-5-12-6-10-9(8)3-2-4-11(10)13/h2-4,8,12-13H,5-7H2,1H3. The number of hydrogen-bond acceptors (Lipinski definition) is 3. The van der Waals surface area contributed by atoms with Crippen molar-refractivity contribution >= 4 is 0 Å². The normalized spacial score (nSPS) is 20.5. The van der Waals surface area contributed by atoms with Gasteiger partial charge in [-0.2, -0.15) is 0 Å². The van der Waals surface area contributed by atoms with Crippen LogP contribution in [0.2, 0.25) is 0 Å². The number of rotatable bonds is 2. The van der Waals surface area contributed by atoms with Gasteiger partial charge in [0.1, 0.15) is 5.75 Å². The minimum absolute atomic E-state index is 0.357. The fourth-order valence-corrected chi connectivity index (χ4v) is 2.00. The molecule has 0 aromatic heterocycles. The van der Waals surface area contributed by atoms with E-state index >= 15 is 0 Å². The average Bonchev–Trinajstić information content (AvgIpc) is 2.20. The SMILES string of the molecule is COCC1CNCc2c(O)cccc21. The summed E-state index contributed by atoms with van der Waals surface area (Å²) >= 11 is 0. The highest BCUT2D eigenvalue weighted by Gasteiger charge is 2.21. The van der Waals surface area contributed by atoms with Gasteiger partial charge in [-0.05, 0) is 11.6 Å². The zero-order chi connectivity index (χ0) is 9.97. The minimum Gasteiger partial charge on any atom is -0.508 e. The summed E-state index contributed by atoms with van der Waals surface area (Å²) in [5.74, 6) is 0.742. The molecule has 0 radical (unpaired) electrons. The van der Waals surface area contributed by atoms with E-state index in [0.29, 0.717) is 18.3 Å². The number of methoxy groups -OCH3 is 1. The van der Waals surface area contributed by atoms with E-state index in [1.165, 1.54) is 5.56 Å². The van der Waals surface area contributed by atoms with E-state index in [-0.39, 0.29) is 0 Å². The number of fused-ring (bicyclic) bond motifs is 1. The molecule has 0 fully saturated rings. The molecule has 0 bridgehead atoms. The van der Waals surface area contributed by atoms with Crippen LogP contribution in [-0.2, 0) is 11.3 Å². The molecule has 1 aliphatic rings. The number of aromatic hydroxyl groups is 1. The van der Waals surface area contributed by atoms with E-state index in [0.717, 1.165) is 18.7 Å². The van der Waals surface area contributed by atoms with Gasteiger partial charge < -0.3 is 15.2 Å². The molecule has 0 saturated heterocycles. The minimum atomic E-state index is 0.357. The predicted molar refractivity (Wildman–Crippen MR) is 54.4 cm³/mol. The predicted octanol–water partition coefficient (Wildman–Crippen LogP) is 1.23. The highest BCUT2D eigenvalue weighted by molar-refractivity contribution is 5.42. The molecule has 0 aliphatic carbocycles. The van der Waals surface area contributed by atoms with Crippen molar-refractivity contribution < 1.29 is 9.84 Å². The number of phenolic OH excluding ortho intramolecular Hbond substituents is 1. The van der Waals surface area contributed by atoms with Crippen LogP contribution in [0, 0.1) is 0 Å². The molecule has 1 unspecified atom stereocenters. The summed E-state index contributed by atoms with van der Waals surface area (Å²) in [6.45, 7) is 2.37. The molecule has 76 valence electrons. The summed E-state index contributed by atoms with van der Waals surface area (Å²) in [5, 5.41) is 12.9. The van der Waals surface area contributed by atoms with Crippen molar-refractivity contribution in [3.63, 3.8) is 0 Å². The maximum atomic E-state index is 9.66. The van der Waals surface area contributed by atoms with Crippen molar-refractivity contribution in [1.82, 2.24) is 5.32 Å². The molecule has 1 heterocycles. The second-order valence-electron chi connectivity index (χ2n) is 3.63. The van der Waals surface area contributed by atoms with Crippen LogP contribution in [0.3, 0.4) is 0 Å². The molecule has 14 heavy (non-hydrogen) atoms. The van der Waals surface area contributed by atoms with Crippen molar-refractivity contribution in [1.29, 1.82) is 0 Å². The fourth-order valence-electron chi connectivity index (χ4n) is 2.00. The molecule has 3 nitrogen and oxygen atoms in total. The summed E-state index contributed by atoms with van der Waals surface area (Å²) in [7, 11) is 1.71. The van der Waals surface area contributed by atoms with Crippen molar-refractivity contribution in [2.75, 3.05) is 20.3 Å². The van der Waals surface area contributed by atoms with Crippen LogP contribution in [0.5, 0.6) is 5.75 Å². The van der Waals surface area contributed by atoms with Gasteiger partial charge in [-0.25, -0.2) is 0 Å². The number of nitrogens with one attached hydrogen (secondary N) is 1. The lowest BCUT2D eigenvalue weighted by Gasteiger charge is -2.26. The third-order valence-corrected chi connectivity index (χ3v) is 2.69. The monoisotopic (exact) mass is 193 g/mol. The van der Waals surface area contributed by atoms with E-state index in [1.807, 2.05) is 6.07 Å². The number of benzene rings is 1. The Morgan fingerprint density at radius 3 is 3.21 bits per heavy atom. The summed E-state index contributed by atoms with van der Waals surface area (Å²) < 4.78 is 5.16. The summed E-state index contributed by atoms with van der Waals surface area (Å²) in [4.78, 5) is 0. The summed E-state index contributed by atoms with van der Waals surface area (Å²) in [6, 6.07) is 5.69. The van der Waals surface area contributed by atoms with Crippen LogP contribution in [0.15, 0.2) is 18.2 Å². The van der Waals surface area contributed by atoms with E-state index in [9.17, 15) is 5.11 Å². The van der Waals surface area contributed by atoms with Crippen molar-refractivity contribution in [2.45, 2.75) is 12.5 Å². The maximum Gasteiger partial charge on any atom is 0.120 e. The van der Waals surface area contributed by atoms with Crippen LogP contribution >= 0.6 is 0 Å². The zero-order valence-electron chi connectivity index (χ0n) is 8.29. The Labute approximate surface area is 83.7 Å². The Balaban J connectivity index is 2.34. The Kier molecular flexibility index (Phi) is 2.70. The number of ether oxygens (including phenoxy) is 1. The zero-order valence-corrected chi connectivity index (χ0v) is 8.29. The van der Waals surface area contributed by atoms with Gasteiger partial charge in [-0.15, -0.1) is 0 Å². The van der Waals surface area contributed by atoms with Gasteiger partial charge in [0.25, 0.3) is 0 Å². The molecular formula is C11H15NO2. The van der Waals surface area contributed by atoms with E-state index < -0.39 is 0 Å². The third-order valence-electron chi connectivity index (χ3n) is 2.69. The van der Waals surface area contributed by atoms with Crippen LogP contribution in [0.25, 0.3) is 0 Å². The molecule has 0 spiro atoms. The van der Waals surface area contributed by atoms with E-state index in [2.05, 4.69) is 11.4 Å². The first kappa shape index (κ1) is 9.49. The van der Waals surface area contributed by atoms with Crippen LogP contribution in [-0.4, -0.2) is 25.4 Å². The highest BCUT2D eigenvalue weighted by atomic mass is 16.5. The van der Waals surface area contributed by atoms with Gasteiger partial charge in [0, 0.05) is 31.7 Å². The molecule has 2 rings (SSSR count). The van der Waals surface area contributed by atoms with Crippen molar-refractivity contribution in [3.05, 3.63) is 29.3 Å². The molecule has 3 heteroatoms. The first-order valence-corrected chi connectivity index (χ1v) is 4.83. The van der Waals surface area contributed by atoms with Gasteiger partial charge in [0.2, 0.25) is 0 Å². The van der Waals surface area contributed by atoms with Gasteiger partial charge >= 0.3 is 0 Å².